The van der Waals surface area contributed by atoms with Gasteiger partial charge in [-0.25, -0.2) is 9.59 Å². The fraction of sp³-hybridized carbons (Fsp3) is 0. The first-order valence-electron chi connectivity index (χ1n) is 3.28. The maximum atomic E-state index is 10.6. The van der Waals surface area contributed by atoms with Crippen LogP contribution < -0.4 is 0 Å². The highest BCUT2D eigenvalue weighted by molar-refractivity contribution is 14.1. The zero-order chi connectivity index (χ0) is 10.0. The highest BCUT2D eigenvalue weighted by Gasteiger charge is 2.15. The van der Waals surface area contributed by atoms with E-state index in [2.05, 4.69) is 0 Å². The van der Waals surface area contributed by atoms with Gasteiger partial charge >= 0.3 is 11.9 Å². The van der Waals surface area contributed by atoms with Crippen LogP contribution in [0.25, 0.3) is 0 Å². The number of carbonyl (C=O) groups is 2. The maximum absolute atomic E-state index is 10.6. The third kappa shape index (κ3) is 2.18. The highest BCUT2D eigenvalue weighted by Crippen LogP contribution is 2.13. The molecule has 0 atom stereocenters. The minimum atomic E-state index is -1.23. The molecule has 0 radical (unpaired) electrons. The molecule has 5 heteroatoms. The molecule has 68 valence electrons. The van der Waals surface area contributed by atoms with Gasteiger partial charge in [0.2, 0.25) is 0 Å². The monoisotopic (exact) mass is 292 g/mol. The Labute approximate surface area is 87.3 Å². The van der Waals surface area contributed by atoms with Crippen LogP contribution in [0.4, 0.5) is 0 Å². The molecule has 0 aliphatic carbocycles. The number of halogens is 1. The van der Waals surface area contributed by atoms with E-state index in [0.29, 0.717) is 3.57 Å². The van der Waals surface area contributed by atoms with Crippen molar-refractivity contribution in [1.82, 2.24) is 0 Å². The molecular weight excluding hydrogens is 287 g/mol. The lowest BCUT2D eigenvalue weighted by atomic mass is 10.1. The molecular formula is C8H5IO4. The van der Waals surface area contributed by atoms with Crippen LogP contribution >= 0.6 is 22.6 Å². The van der Waals surface area contributed by atoms with Gasteiger partial charge in [0.15, 0.2) is 0 Å². The Morgan fingerprint density at radius 3 is 2.08 bits per heavy atom. The van der Waals surface area contributed by atoms with Gasteiger partial charge in [-0.1, -0.05) is 0 Å². The van der Waals surface area contributed by atoms with Crippen molar-refractivity contribution < 1.29 is 19.8 Å². The lowest BCUT2D eigenvalue weighted by molar-refractivity contribution is 0.0651. The van der Waals surface area contributed by atoms with E-state index in [-0.39, 0.29) is 11.1 Å². The molecule has 0 aliphatic rings. The predicted octanol–water partition coefficient (Wildman–Crippen LogP) is 1.69. The Kier molecular flexibility index (Phi) is 2.86. The summed E-state index contributed by atoms with van der Waals surface area (Å²) >= 11 is 1.92. The molecule has 0 fully saturated rings. The van der Waals surface area contributed by atoms with Gasteiger partial charge < -0.3 is 10.2 Å². The van der Waals surface area contributed by atoms with E-state index in [0.717, 1.165) is 0 Å². The van der Waals surface area contributed by atoms with Crippen LogP contribution in [0.5, 0.6) is 0 Å². The van der Waals surface area contributed by atoms with Crippen molar-refractivity contribution >= 4 is 34.5 Å². The van der Waals surface area contributed by atoms with Crippen LogP contribution in [0.1, 0.15) is 20.7 Å². The molecule has 1 aromatic rings. The quantitative estimate of drug-likeness (QED) is 0.813. The second-order valence-electron chi connectivity index (χ2n) is 2.30. The third-order valence-corrected chi connectivity index (χ3v) is 2.11. The van der Waals surface area contributed by atoms with Crippen molar-refractivity contribution in [2.24, 2.45) is 0 Å². The van der Waals surface area contributed by atoms with Gasteiger partial charge in [-0.2, -0.15) is 0 Å². The molecule has 0 bridgehead atoms. The first kappa shape index (κ1) is 9.97. The van der Waals surface area contributed by atoms with Crippen molar-refractivity contribution in [3.05, 3.63) is 32.9 Å². The van der Waals surface area contributed by atoms with E-state index in [1.807, 2.05) is 22.6 Å². The average Bonchev–Trinajstić information content (AvgIpc) is 2.03. The van der Waals surface area contributed by atoms with E-state index in [1.165, 1.54) is 12.1 Å². The summed E-state index contributed by atoms with van der Waals surface area (Å²) in [5, 5.41) is 17.3. The Hall–Kier alpha value is -1.11. The van der Waals surface area contributed by atoms with Gasteiger partial charge in [0.1, 0.15) is 0 Å². The van der Waals surface area contributed by atoms with E-state index in [9.17, 15) is 9.59 Å². The van der Waals surface area contributed by atoms with Gasteiger partial charge in [-0.05, 0) is 40.8 Å². The summed E-state index contributed by atoms with van der Waals surface area (Å²) in [5.41, 5.74) is -0.368. The molecule has 0 unspecified atom stereocenters. The Balaban J connectivity index is 3.35. The van der Waals surface area contributed by atoms with Crippen molar-refractivity contribution in [3.63, 3.8) is 0 Å². The van der Waals surface area contributed by atoms with Crippen molar-refractivity contribution in [2.75, 3.05) is 0 Å². The van der Waals surface area contributed by atoms with E-state index in [4.69, 9.17) is 10.2 Å². The van der Waals surface area contributed by atoms with E-state index < -0.39 is 11.9 Å². The molecule has 0 heterocycles. The van der Waals surface area contributed by atoms with Crippen molar-refractivity contribution in [1.29, 1.82) is 0 Å². The van der Waals surface area contributed by atoms with Gasteiger partial charge in [0, 0.05) is 3.57 Å². The predicted molar refractivity (Wildman–Crippen MR) is 53.1 cm³/mol. The summed E-state index contributed by atoms with van der Waals surface area (Å²) in [6.45, 7) is 0. The molecule has 0 aliphatic heterocycles. The zero-order valence-electron chi connectivity index (χ0n) is 6.32. The number of aromatic carboxylic acids is 2. The first-order chi connectivity index (χ1) is 6.02. The molecule has 0 aromatic heterocycles. The molecule has 1 aromatic carbocycles. The lowest BCUT2D eigenvalue weighted by Gasteiger charge is -2.00. The zero-order valence-corrected chi connectivity index (χ0v) is 8.48. The molecule has 2 N–H and O–H groups in total. The first-order valence-corrected chi connectivity index (χ1v) is 4.36. The lowest BCUT2D eigenvalue weighted by Crippen LogP contribution is -2.07. The minimum absolute atomic E-state index is 0.181. The van der Waals surface area contributed by atoms with Crippen LogP contribution in [-0.2, 0) is 0 Å². The Morgan fingerprint density at radius 1 is 1.08 bits per heavy atom. The van der Waals surface area contributed by atoms with E-state index >= 15 is 0 Å². The highest BCUT2D eigenvalue weighted by atomic mass is 127. The second-order valence-corrected chi connectivity index (χ2v) is 3.55. The SMILES string of the molecule is O=C(O)c1ccc(I)cc1C(=O)O. The number of hydrogen-bond acceptors (Lipinski definition) is 2. The van der Waals surface area contributed by atoms with Gasteiger partial charge in [-0.3, -0.25) is 0 Å². The van der Waals surface area contributed by atoms with Crippen LogP contribution in [0.15, 0.2) is 18.2 Å². The van der Waals surface area contributed by atoms with Crippen molar-refractivity contribution in [3.8, 4) is 0 Å². The fourth-order valence-corrected chi connectivity index (χ4v) is 1.37. The van der Waals surface area contributed by atoms with Crippen molar-refractivity contribution in [2.45, 2.75) is 0 Å². The van der Waals surface area contributed by atoms with Crippen LogP contribution in [0.3, 0.4) is 0 Å². The summed E-state index contributed by atoms with van der Waals surface area (Å²) in [6.07, 6.45) is 0. The Morgan fingerprint density at radius 2 is 1.62 bits per heavy atom. The summed E-state index contributed by atoms with van der Waals surface area (Å²) in [4.78, 5) is 21.2. The molecule has 0 saturated carbocycles. The van der Waals surface area contributed by atoms with Gasteiger partial charge in [0.25, 0.3) is 0 Å². The fourth-order valence-electron chi connectivity index (χ4n) is 0.880. The van der Waals surface area contributed by atoms with Crippen LogP contribution in [0.2, 0.25) is 0 Å². The standard InChI is InChI=1S/C8H5IO4/c9-4-1-2-5(7(10)11)6(3-4)8(12)13/h1-3H,(H,10,11)(H,12,13). The average molecular weight is 292 g/mol. The number of rotatable bonds is 2. The van der Waals surface area contributed by atoms with Gasteiger partial charge in [-0.15, -0.1) is 0 Å². The summed E-state index contributed by atoms with van der Waals surface area (Å²) < 4.78 is 0.694. The smallest absolute Gasteiger partial charge is 0.336 e. The third-order valence-electron chi connectivity index (χ3n) is 1.44. The minimum Gasteiger partial charge on any atom is -0.478 e. The van der Waals surface area contributed by atoms with Crippen LogP contribution in [0, 0.1) is 3.57 Å². The molecule has 4 nitrogen and oxygen atoms in total. The van der Waals surface area contributed by atoms with Crippen LogP contribution in [-0.4, -0.2) is 22.2 Å². The molecule has 1 rings (SSSR count). The maximum Gasteiger partial charge on any atom is 0.336 e. The molecule has 13 heavy (non-hydrogen) atoms. The van der Waals surface area contributed by atoms with Gasteiger partial charge in [0.05, 0.1) is 11.1 Å². The summed E-state index contributed by atoms with van der Waals surface area (Å²) in [7, 11) is 0. The number of carboxylic acid groups (broad SMARTS) is 2. The number of benzene rings is 1. The second kappa shape index (κ2) is 3.73. The normalized spacial score (nSPS) is 9.62. The summed E-state index contributed by atoms with van der Waals surface area (Å²) in [5.74, 6) is -2.45. The Bertz CT molecular complexity index is 372. The van der Waals surface area contributed by atoms with E-state index in [1.54, 1.807) is 6.07 Å². The number of carboxylic acids is 2. The molecule has 0 spiro atoms. The topological polar surface area (TPSA) is 74.6 Å². The number of hydrogen-bond donors (Lipinski definition) is 2. The summed E-state index contributed by atoms with van der Waals surface area (Å²) in [6, 6.07) is 4.16. The largest absolute Gasteiger partial charge is 0.478 e. The molecule has 0 saturated heterocycles. The molecule has 0 amide bonds.